The number of phenolic OH excluding ortho intramolecular Hbond substituents is 4. The molecule has 184 valence electrons. The van der Waals surface area contributed by atoms with Gasteiger partial charge in [-0.3, -0.25) is 0 Å². The molecule has 0 unspecified atom stereocenters. The molecule has 0 aliphatic rings. The minimum Gasteiger partial charge on any atom is -0.508 e. The molecule has 7 nitrogen and oxygen atoms in total. The summed E-state index contributed by atoms with van der Waals surface area (Å²) in [6, 6.07) is 26.7. The molecule has 0 spiro atoms. The van der Waals surface area contributed by atoms with Gasteiger partial charge < -0.3 is 30.2 Å². The fourth-order valence-electron chi connectivity index (χ4n) is 3.98. The van der Waals surface area contributed by atoms with Gasteiger partial charge >= 0.3 is 6.03 Å². The van der Waals surface area contributed by atoms with Crippen molar-refractivity contribution in [3.05, 3.63) is 119 Å². The molecule has 0 aromatic heterocycles. The maximum absolute atomic E-state index is 14.0. The molecule has 0 atom stereocenters. The largest absolute Gasteiger partial charge is 0.508 e. The van der Waals surface area contributed by atoms with Crippen LogP contribution < -0.4 is 0 Å². The van der Waals surface area contributed by atoms with Crippen LogP contribution in [0.1, 0.15) is 22.3 Å². The molecule has 0 bridgehead atoms. The molecule has 0 saturated heterocycles. The molecule has 4 aromatic rings. The summed E-state index contributed by atoms with van der Waals surface area (Å²) in [7, 11) is 0. The summed E-state index contributed by atoms with van der Waals surface area (Å²) in [5, 5.41) is 41.5. The van der Waals surface area contributed by atoms with Gasteiger partial charge in [0.25, 0.3) is 0 Å². The van der Waals surface area contributed by atoms with E-state index in [1.165, 1.54) is 9.80 Å². The number of nitrogens with zero attached hydrogens (tertiary/aromatic N) is 2. The van der Waals surface area contributed by atoms with Crippen LogP contribution in [0.25, 0.3) is 0 Å². The summed E-state index contributed by atoms with van der Waals surface area (Å²) in [4.78, 5) is 17.1. The van der Waals surface area contributed by atoms with Gasteiger partial charge in [-0.15, -0.1) is 0 Å². The predicted molar refractivity (Wildman–Crippen MR) is 136 cm³/mol. The van der Waals surface area contributed by atoms with Crippen molar-refractivity contribution in [2.24, 2.45) is 0 Å². The smallest absolute Gasteiger partial charge is 0.321 e. The number of hydrogen-bond acceptors (Lipinski definition) is 5. The van der Waals surface area contributed by atoms with Crippen molar-refractivity contribution in [2.45, 2.75) is 26.2 Å². The average Bonchev–Trinajstić information content (AvgIpc) is 2.88. The normalized spacial score (nSPS) is 10.7. The lowest BCUT2D eigenvalue weighted by atomic mass is 10.1. The third-order valence-corrected chi connectivity index (χ3v) is 5.95. The van der Waals surface area contributed by atoms with Gasteiger partial charge in [0.15, 0.2) is 0 Å². The fourth-order valence-corrected chi connectivity index (χ4v) is 3.98. The van der Waals surface area contributed by atoms with Gasteiger partial charge in [0.1, 0.15) is 23.0 Å². The molecule has 4 aromatic carbocycles. The van der Waals surface area contributed by atoms with E-state index in [0.29, 0.717) is 22.3 Å². The number of benzene rings is 4. The van der Waals surface area contributed by atoms with Crippen LogP contribution in [-0.2, 0) is 26.2 Å². The Bertz CT molecular complexity index is 1140. The first kappa shape index (κ1) is 24.5. The van der Waals surface area contributed by atoms with Crippen LogP contribution in [0.2, 0.25) is 0 Å². The highest BCUT2D eigenvalue weighted by Gasteiger charge is 2.25. The Labute approximate surface area is 209 Å². The first-order valence-electron chi connectivity index (χ1n) is 11.5. The third kappa shape index (κ3) is 5.88. The van der Waals surface area contributed by atoms with Crippen molar-refractivity contribution >= 4 is 6.03 Å². The Kier molecular flexibility index (Phi) is 7.60. The van der Waals surface area contributed by atoms with Gasteiger partial charge in [0.05, 0.1) is 26.2 Å². The summed E-state index contributed by atoms with van der Waals surface area (Å²) in [5.74, 6) is 0.224. The Hall–Kier alpha value is -4.65. The Morgan fingerprint density at radius 2 is 0.667 bits per heavy atom. The van der Waals surface area contributed by atoms with Crippen molar-refractivity contribution in [3.8, 4) is 23.0 Å². The molecule has 0 fully saturated rings. The van der Waals surface area contributed by atoms with E-state index in [9.17, 15) is 25.2 Å². The highest BCUT2D eigenvalue weighted by molar-refractivity contribution is 5.75. The Morgan fingerprint density at radius 1 is 0.444 bits per heavy atom. The number of amides is 2. The molecule has 0 aliphatic carbocycles. The van der Waals surface area contributed by atoms with Gasteiger partial charge in [-0.05, 0) is 24.3 Å². The highest BCUT2D eigenvalue weighted by atomic mass is 16.3. The minimum atomic E-state index is -0.395. The zero-order valence-electron chi connectivity index (χ0n) is 19.7. The van der Waals surface area contributed by atoms with Gasteiger partial charge in [0, 0.05) is 22.3 Å². The minimum absolute atomic E-state index is 0.0561. The molecule has 0 radical (unpaired) electrons. The second-order valence-corrected chi connectivity index (χ2v) is 8.51. The van der Waals surface area contributed by atoms with E-state index >= 15 is 0 Å². The van der Waals surface area contributed by atoms with E-state index < -0.39 is 6.03 Å². The van der Waals surface area contributed by atoms with E-state index in [0.717, 1.165) is 0 Å². The Morgan fingerprint density at radius 3 is 0.889 bits per heavy atom. The first-order valence-corrected chi connectivity index (χ1v) is 11.5. The van der Waals surface area contributed by atoms with E-state index in [2.05, 4.69) is 0 Å². The summed E-state index contributed by atoms with van der Waals surface area (Å²) in [6.45, 7) is 0.325. The Balaban J connectivity index is 1.71. The third-order valence-electron chi connectivity index (χ3n) is 5.95. The molecule has 4 rings (SSSR count). The number of phenols is 4. The monoisotopic (exact) mass is 484 g/mol. The SMILES string of the molecule is O=C(N(Cc1ccccc1O)Cc1ccccc1O)N(Cc1ccccc1O)Cc1ccccc1O. The lowest BCUT2D eigenvalue weighted by Crippen LogP contribution is -2.42. The summed E-state index contributed by atoms with van der Waals surface area (Å²) in [6.07, 6.45) is 0. The van der Waals surface area contributed by atoms with Crippen molar-refractivity contribution in [2.75, 3.05) is 0 Å². The molecule has 36 heavy (non-hydrogen) atoms. The zero-order valence-corrected chi connectivity index (χ0v) is 19.7. The van der Waals surface area contributed by atoms with Crippen molar-refractivity contribution in [3.63, 3.8) is 0 Å². The van der Waals surface area contributed by atoms with Gasteiger partial charge in [-0.2, -0.15) is 0 Å². The van der Waals surface area contributed by atoms with Gasteiger partial charge in [-0.25, -0.2) is 4.79 Å². The molecule has 0 saturated carbocycles. The number of urea groups is 1. The number of rotatable bonds is 8. The van der Waals surface area contributed by atoms with Gasteiger partial charge in [-0.1, -0.05) is 72.8 Å². The van der Waals surface area contributed by atoms with Crippen LogP contribution >= 0.6 is 0 Å². The van der Waals surface area contributed by atoms with E-state index in [4.69, 9.17) is 0 Å². The highest BCUT2D eigenvalue weighted by Crippen LogP contribution is 2.27. The number of hydrogen-bond donors (Lipinski definition) is 4. The van der Waals surface area contributed by atoms with E-state index in [-0.39, 0.29) is 49.2 Å². The summed E-state index contributed by atoms with van der Waals surface area (Å²) in [5.41, 5.74) is 2.19. The van der Waals surface area contributed by atoms with Crippen molar-refractivity contribution < 1.29 is 25.2 Å². The molecular formula is C29H28N2O5. The van der Waals surface area contributed by atoms with Crippen molar-refractivity contribution in [1.29, 1.82) is 0 Å². The lowest BCUT2D eigenvalue weighted by molar-refractivity contribution is 0.140. The van der Waals surface area contributed by atoms with Crippen LogP contribution in [0.4, 0.5) is 4.79 Å². The van der Waals surface area contributed by atoms with Crippen LogP contribution in [-0.4, -0.2) is 36.3 Å². The maximum Gasteiger partial charge on any atom is 0.321 e. The van der Waals surface area contributed by atoms with Crippen molar-refractivity contribution in [1.82, 2.24) is 9.80 Å². The lowest BCUT2D eigenvalue weighted by Gasteiger charge is -2.32. The molecule has 0 aliphatic heterocycles. The topological polar surface area (TPSA) is 104 Å². The molecule has 2 amide bonds. The number of carbonyl (C=O) groups is 1. The number of carbonyl (C=O) groups excluding carboxylic acids is 1. The van der Waals surface area contributed by atoms with Gasteiger partial charge in [0.2, 0.25) is 0 Å². The molecule has 7 heteroatoms. The zero-order chi connectivity index (χ0) is 25.5. The van der Waals surface area contributed by atoms with Crippen LogP contribution in [0.3, 0.4) is 0 Å². The summed E-state index contributed by atoms with van der Waals surface area (Å²) >= 11 is 0. The first-order chi connectivity index (χ1) is 17.4. The van der Waals surface area contributed by atoms with Crippen LogP contribution in [0, 0.1) is 0 Å². The molecular weight excluding hydrogens is 456 g/mol. The fraction of sp³-hybridized carbons (Fsp3) is 0.138. The second kappa shape index (κ2) is 11.2. The van der Waals surface area contributed by atoms with E-state index in [1.54, 1.807) is 97.1 Å². The molecule has 0 heterocycles. The van der Waals surface area contributed by atoms with Crippen LogP contribution in [0.15, 0.2) is 97.1 Å². The summed E-state index contributed by atoms with van der Waals surface area (Å²) < 4.78 is 0. The maximum atomic E-state index is 14.0. The standard InChI is InChI=1S/C29H28N2O5/c32-25-13-5-1-9-21(25)17-30(18-22-10-2-6-14-26(22)33)29(36)31(19-23-11-3-7-15-27(23)34)20-24-12-4-8-16-28(24)35/h1-16,32-35H,17-20H2. The number of aromatic hydroxyl groups is 4. The average molecular weight is 485 g/mol. The number of para-hydroxylation sites is 4. The quantitative estimate of drug-likeness (QED) is 0.270. The van der Waals surface area contributed by atoms with E-state index in [1.807, 2.05) is 0 Å². The second-order valence-electron chi connectivity index (χ2n) is 8.51. The van der Waals surface area contributed by atoms with Crippen LogP contribution in [0.5, 0.6) is 23.0 Å². The molecule has 4 N–H and O–H groups in total. The predicted octanol–water partition coefficient (Wildman–Crippen LogP) is 5.33.